The van der Waals surface area contributed by atoms with Gasteiger partial charge in [-0.05, 0) is 57.2 Å². The zero-order valence-corrected chi connectivity index (χ0v) is 16.2. The van der Waals surface area contributed by atoms with Crippen LogP contribution in [-0.2, 0) is 26.8 Å². The number of aryl methyl sites for hydroxylation is 1. The lowest BCUT2D eigenvalue weighted by molar-refractivity contribution is -0.144. The van der Waals surface area contributed by atoms with E-state index in [1.54, 1.807) is 33.8 Å². The molecule has 0 unspecified atom stereocenters. The zero-order chi connectivity index (χ0) is 19.3. The molecule has 1 aromatic rings. The van der Waals surface area contributed by atoms with Crippen molar-refractivity contribution < 1.29 is 19.8 Å². The Bertz CT molecular complexity index is 614. The second kappa shape index (κ2) is 8.50. The smallest absolute Gasteiger partial charge is 0.313 e. The third-order valence-corrected chi connectivity index (χ3v) is 5.07. The second-order valence-electron chi connectivity index (χ2n) is 7.86. The summed E-state index contributed by atoms with van der Waals surface area (Å²) in [6, 6.07) is 5.55. The van der Waals surface area contributed by atoms with Crippen LogP contribution in [0.15, 0.2) is 18.2 Å². The summed E-state index contributed by atoms with van der Waals surface area (Å²) >= 11 is 0. The molecule has 25 heavy (non-hydrogen) atoms. The third kappa shape index (κ3) is 4.83. The summed E-state index contributed by atoms with van der Waals surface area (Å²) in [4.78, 5) is 23.7. The van der Waals surface area contributed by atoms with Crippen molar-refractivity contribution in [1.29, 1.82) is 0 Å². The van der Waals surface area contributed by atoms with Gasteiger partial charge in [-0.3, -0.25) is 9.59 Å². The van der Waals surface area contributed by atoms with Crippen LogP contribution in [0.3, 0.4) is 0 Å². The normalized spacial score (nSPS) is 12.2. The van der Waals surface area contributed by atoms with E-state index in [0.717, 1.165) is 24.8 Å². The Morgan fingerprint density at radius 1 is 0.880 bits per heavy atom. The summed E-state index contributed by atoms with van der Waals surface area (Å²) in [6.45, 7) is 8.76. The first-order chi connectivity index (χ1) is 11.6. The number of benzene rings is 1. The minimum absolute atomic E-state index is 0.596. The van der Waals surface area contributed by atoms with E-state index in [-0.39, 0.29) is 0 Å². The average molecular weight is 348 g/mol. The van der Waals surface area contributed by atoms with Gasteiger partial charge in [-0.25, -0.2) is 0 Å². The van der Waals surface area contributed by atoms with E-state index < -0.39 is 22.8 Å². The van der Waals surface area contributed by atoms with Gasteiger partial charge < -0.3 is 10.2 Å². The molecule has 0 fully saturated rings. The maximum atomic E-state index is 11.9. The molecule has 0 atom stereocenters. The zero-order valence-electron chi connectivity index (χ0n) is 16.2. The van der Waals surface area contributed by atoms with Crippen LogP contribution in [0.4, 0.5) is 0 Å². The highest BCUT2D eigenvalue weighted by atomic mass is 16.4. The molecule has 4 heteroatoms. The molecule has 4 nitrogen and oxygen atoms in total. The lowest BCUT2D eigenvalue weighted by atomic mass is 9.71. The summed E-state index contributed by atoms with van der Waals surface area (Å²) < 4.78 is 0. The molecule has 0 bridgehead atoms. The van der Waals surface area contributed by atoms with Gasteiger partial charge in [0.1, 0.15) is 0 Å². The van der Waals surface area contributed by atoms with E-state index >= 15 is 0 Å². The Balaban J connectivity index is 3.33. The number of hydrogen-bond donors (Lipinski definition) is 2. The maximum absolute atomic E-state index is 11.9. The first kappa shape index (κ1) is 21.2. The standard InChI is InChI=1S/C21H32O4/c1-6-7-8-9-10-12-15-13-11-14-16(20(2,3)18(22)23)17(15)21(4,5)19(24)25/h11,13-14H,6-10,12H2,1-5H3,(H,22,23)(H,24,25). The molecule has 2 N–H and O–H groups in total. The fourth-order valence-corrected chi connectivity index (χ4v) is 3.21. The maximum Gasteiger partial charge on any atom is 0.313 e. The van der Waals surface area contributed by atoms with Crippen LogP contribution in [0.2, 0.25) is 0 Å². The minimum atomic E-state index is -1.14. The van der Waals surface area contributed by atoms with Gasteiger partial charge in [0.2, 0.25) is 0 Å². The van der Waals surface area contributed by atoms with Crippen molar-refractivity contribution >= 4 is 11.9 Å². The van der Waals surface area contributed by atoms with Crippen LogP contribution >= 0.6 is 0 Å². The Hall–Kier alpha value is -1.84. The average Bonchev–Trinajstić information content (AvgIpc) is 2.53. The van der Waals surface area contributed by atoms with E-state index in [9.17, 15) is 19.8 Å². The Morgan fingerprint density at radius 3 is 1.96 bits per heavy atom. The summed E-state index contributed by atoms with van der Waals surface area (Å²) in [5.74, 6) is -1.89. The molecule has 0 aliphatic heterocycles. The SMILES string of the molecule is CCCCCCCc1cccc(C(C)(C)C(=O)O)c1C(C)(C)C(=O)O. The van der Waals surface area contributed by atoms with E-state index in [4.69, 9.17) is 0 Å². The van der Waals surface area contributed by atoms with Crippen molar-refractivity contribution in [2.45, 2.75) is 84.0 Å². The monoisotopic (exact) mass is 348 g/mol. The number of aliphatic carboxylic acids is 2. The van der Waals surface area contributed by atoms with Gasteiger partial charge in [-0.1, -0.05) is 50.8 Å². The first-order valence-electron chi connectivity index (χ1n) is 9.16. The summed E-state index contributed by atoms with van der Waals surface area (Å²) in [6.07, 6.45) is 6.43. The number of unbranched alkanes of at least 4 members (excludes halogenated alkanes) is 4. The molecule has 1 rings (SSSR count). The lowest BCUT2D eigenvalue weighted by Crippen LogP contribution is -2.37. The topological polar surface area (TPSA) is 74.6 Å². The molecule has 0 aliphatic carbocycles. The van der Waals surface area contributed by atoms with Gasteiger partial charge in [0.05, 0.1) is 10.8 Å². The number of carboxylic acids is 2. The van der Waals surface area contributed by atoms with Crippen LogP contribution < -0.4 is 0 Å². The van der Waals surface area contributed by atoms with Gasteiger partial charge in [-0.15, -0.1) is 0 Å². The Morgan fingerprint density at radius 2 is 1.44 bits per heavy atom. The fourth-order valence-electron chi connectivity index (χ4n) is 3.21. The first-order valence-corrected chi connectivity index (χ1v) is 9.16. The molecule has 0 heterocycles. The van der Waals surface area contributed by atoms with Crippen molar-refractivity contribution in [2.75, 3.05) is 0 Å². The van der Waals surface area contributed by atoms with Crippen molar-refractivity contribution in [1.82, 2.24) is 0 Å². The molecular formula is C21H32O4. The quantitative estimate of drug-likeness (QED) is 0.588. The van der Waals surface area contributed by atoms with Gasteiger partial charge in [0.15, 0.2) is 0 Å². The summed E-state index contributed by atoms with van der Waals surface area (Å²) in [7, 11) is 0. The molecule has 0 amide bonds. The fraction of sp³-hybridized carbons (Fsp3) is 0.619. The van der Waals surface area contributed by atoms with Crippen LogP contribution in [0.25, 0.3) is 0 Å². The number of hydrogen-bond acceptors (Lipinski definition) is 2. The van der Waals surface area contributed by atoms with E-state index in [1.807, 2.05) is 12.1 Å². The highest BCUT2D eigenvalue weighted by molar-refractivity contribution is 5.85. The highest BCUT2D eigenvalue weighted by Crippen LogP contribution is 2.37. The molecule has 0 spiro atoms. The Labute approximate surface area is 151 Å². The van der Waals surface area contributed by atoms with E-state index in [2.05, 4.69) is 6.92 Å². The number of carboxylic acid groups (broad SMARTS) is 2. The largest absolute Gasteiger partial charge is 0.481 e. The summed E-state index contributed by atoms with van der Waals surface area (Å²) in [5.41, 5.74) is -0.0675. The van der Waals surface area contributed by atoms with Crippen molar-refractivity contribution in [3.05, 3.63) is 34.9 Å². The van der Waals surface area contributed by atoms with Crippen molar-refractivity contribution in [3.8, 4) is 0 Å². The van der Waals surface area contributed by atoms with E-state index in [1.165, 1.54) is 19.3 Å². The molecule has 0 radical (unpaired) electrons. The van der Waals surface area contributed by atoms with Crippen molar-refractivity contribution in [3.63, 3.8) is 0 Å². The van der Waals surface area contributed by atoms with Crippen LogP contribution in [-0.4, -0.2) is 22.2 Å². The predicted molar refractivity (Wildman–Crippen MR) is 100 cm³/mol. The van der Waals surface area contributed by atoms with Crippen LogP contribution in [0.5, 0.6) is 0 Å². The molecule has 0 saturated carbocycles. The number of rotatable bonds is 10. The molecule has 140 valence electrons. The third-order valence-electron chi connectivity index (χ3n) is 5.07. The molecule has 1 aromatic carbocycles. The van der Waals surface area contributed by atoms with Gasteiger partial charge >= 0.3 is 11.9 Å². The molecular weight excluding hydrogens is 316 g/mol. The van der Waals surface area contributed by atoms with Gasteiger partial charge in [0, 0.05) is 0 Å². The minimum Gasteiger partial charge on any atom is -0.481 e. The summed E-state index contributed by atoms with van der Waals surface area (Å²) in [5, 5.41) is 19.4. The van der Waals surface area contributed by atoms with Crippen LogP contribution in [0, 0.1) is 0 Å². The van der Waals surface area contributed by atoms with Crippen molar-refractivity contribution in [2.24, 2.45) is 0 Å². The Kier molecular flexibility index (Phi) is 7.21. The highest BCUT2D eigenvalue weighted by Gasteiger charge is 2.40. The molecule has 0 aromatic heterocycles. The molecule has 0 aliphatic rings. The van der Waals surface area contributed by atoms with E-state index in [0.29, 0.717) is 11.1 Å². The van der Waals surface area contributed by atoms with Gasteiger partial charge in [0.25, 0.3) is 0 Å². The van der Waals surface area contributed by atoms with Crippen LogP contribution in [0.1, 0.15) is 83.4 Å². The van der Waals surface area contributed by atoms with Gasteiger partial charge in [-0.2, -0.15) is 0 Å². The second-order valence-corrected chi connectivity index (χ2v) is 7.86. The predicted octanol–water partition coefficient (Wildman–Crippen LogP) is 4.92. The molecule has 0 saturated heterocycles. The number of carbonyl (C=O) groups is 2. The lowest BCUT2D eigenvalue weighted by Gasteiger charge is -2.32.